The first-order valence-electron chi connectivity index (χ1n) is 5.46. The molecule has 1 rings (SSSR count). The zero-order chi connectivity index (χ0) is 13.8. The lowest BCUT2D eigenvalue weighted by Gasteiger charge is -2.25. The topological polar surface area (TPSA) is 79.3 Å². The van der Waals surface area contributed by atoms with Gasteiger partial charge in [-0.2, -0.15) is 0 Å². The average molecular weight is 271 g/mol. The predicted octanol–water partition coefficient (Wildman–Crippen LogP) is 2.11. The van der Waals surface area contributed by atoms with Crippen LogP contribution in [0.2, 0.25) is 5.15 Å². The first-order valence-corrected chi connectivity index (χ1v) is 5.84. The third-order valence-corrected chi connectivity index (χ3v) is 2.63. The zero-order valence-corrected chi connectivity index (χ0v) is 11.0. The molecule has 0 fully saturated rings. The van der Waals surface area contributed by atoms with Crippen LogP contribution in [-0.4, -0.2) is 27.5 Å². The van der Waals surface area contributed by atoms with E-state index < -0.39 is 11.5 Å². The van der Waals surface area contributed by atoms with E-state index in [0.717, 1.165) is 0 Å². The second kappa shape index (κ2) is 5.82. The van der Waals surface area contributed by atoms with Gasteiger partial charge in [-0.1, -0.05) is 11.6 Å². The molecule has 1 heterocycles. The molecule has 0 aliphatic rings. The first kappa shape index (κ1) is 14.4. The summed E-state index contributed by atoms with van der Waals surface area (Å²) in [6.45, 7) is 3.55. The lowest BCUT2D eigenvalue weighted by Crippen LogP contribution is -2.43. The summed E-state index contributed by atoms with van der Waals surface area (Å²) in [5.41, 5.74) is -0.197. The molecule has 0 bridgehead atoms. The molecule has 5 nitrogen and oxygen atoms in total. The maximum Gasteiger partial charge on any atom is 0.303 e. The Morgan fingerprint density at radius 3 is 2.61 bits per heavy atom. The minimum Gasteiger partial charge on any atom is -0.481 e. The van der Waals surface area contributed by atoms with Gasteiger partial charge in [0.25, 0.3) is 5.91 Å². The van der Waals surface area contributed by atoms with Crippen molar-refractivity contribution >= 4 is 23.5 Å². The van der Waals surface area contributed by atoms with Crippen molar-refractivity contribution in [3.05, 3.63) is 29.0 Å². The number of carbonyl (C=O) groups is 2. The Kier molecular flexibility index (Phi) is 4.67. The summed E-state index contributed by atoms with van der Waals surface area (Å²) >= 11 is 5.63. The minimum absolute atomic E-state index is 0.00610. The highest BCUT2D eigenvalue weighted by Gasteiger charge is 2.22. The van der Waals surface area contributed by atoms with Gasteiger partial charge in [0.2, 0.25) is 0 Å². The quantitative estimate of drug-likeness (QED) is 0.803. The molecule has 0 atom stereocenters. The largest absolute Gasteiger partial charge is 0.481 e. The number of nitrogens with zero attached hydrogens (tertiary/aromatic N) is 1. The molecule has 0 saturated carbocycles. The smallest absolute Gasteiger partial charge is 0.303 e. The molecule has 1 aromatic heterocycles. The highest BCUT2D eigenvalue weighted by Crippen LogP contribution is 2.13. The van der Waals surface area contributed by atoms with Crippen molar-refractivity contribution in [3.63, 3.8) is 0 Å². The number of carbonyl (C=O) groups excluding carboxylic acids is 1. The van der Waals surface area contributed by atoms with Gasteiger partial charge in [0.1, 0.15) is 5.15 Å². The van der Waals surface area contributed by atoms with Gasteiger partial charge in [-0.3, -0.25) is 9.59 Å². The van der Waals surface area contributed by atoms with Gasteiger partial charge in [-0.25, -0.2) is 4.98 Å². The first-order chi connectivity index (χ1) is 8.30. The van der Waals surface area contributed by atoms with Crippen molar-refractivity contribution in [1.29, 1.82) is 0 Å². The van der Waals surface area contributed by atoms with E-state index in [0.29, 0.717) is 17.1 Å². The van der Waals surface area contributed by atoms with Crippen LogP contribution in [0.1, 0.15) is 37.0 Å². The Morgan fingerprint density at radius 2 is 2.11 bits per heavy atom. The van der Waals surface area contributed by atoms with Crippen LogP contribution in [0.4, 0.5) is 0 Å². The Labute approximate surface area is 110 Å². The van der Waals surface area contributed by atoms with E-state index in [9.17, 15) is 9.59 Å². The van der Waals surface area contributed by atoms with Crippen LogP contribution in [0, 0.1) is 0 Å². The number of hydrogen-bond donors (Lipinski definition) is 2. The molecule has 0 aromatic carbocycles. The van der Waals surface area contributed by atoms with Crippen molar-refractivity contribution in [2.24, 2.45) is 0 Å². The van der Waals surface area contributed by atoms with Gasteiger partial charge in [0, 0.05) is 18.2 Å². The van der Waals surface area contributed by atoms with Crippen molar-refractivity contribution in [2.45, 2.75) is 32.2 Å². The molecule has 0 spiro atoms. The number of hydrogen-bond acceptors (Lipinski definition) is 3. The van der Waals surface area contributed by atoms with Crippen molar-refractivity contribution in [2.75, 3.05) is 0 Å². The molecular formula is C12H15ClN2O3. The van der Waals surface area contributed by atoms with Crippen molar-refractivity contribution in [3.8, 4) is 0 Å². The molecule has 0 unspecified atom stereocenters. The normalized spacial score (nSPS) is 11.1. The average Bonchev–Trinajstić information content (AvgIpc) is 2.27. The van der Waals surface area contributed by atoms with Crippen LogP contribution >= 0.6 is 11.6 Å². The second-order valence-electron chi connectivity index (χ2n) is 4.60. The molecule has 6 heteroatoms. The fourth-order valence-corrected chi connectivity index (χ4v) is 1.48. The highest BCUT2D eigenvalue weighted by atomic mass is 35.5. The van der Waals surface area contributed by atoms with Crippen LogP contribution in [0.3, 0.4) is 0 Å². The molecule has 98 valence electrons. The maximum atomic E-state index is 11.9. The molecule has 1 amide bonds. The third-order valence-electron chi connectivity index (χ3n) is 2.41. The van der Waals surface area contributed by atoms with Crippen LogP contribution in [-0.2, 0) is 4.79 Å². The fourth-order valence-electron chi connectivity index (χ4n) is 1.37. The van der Waals surface area contributed by atoms with E-state index in [1.54, 1.807) is 19.9 Å². The van der Waals surface area contributed by atoms with E-state index in [1.165, 1.54) is 12.3 Å². The monoisotopic (exact) mass is 270 g/mol. The molecule has 1 aromatic rings. The summed E-state index contributed by atoms with van der Waals surface area (Å²) in [5.74, 6) is -1.18. The van der Waals surface area contributed by atoms with Gasteiger partial charge in [-0.05, 0) is 32.4 Å². The molecular weight excluding hydrogens is 256 g/mol. The standard InChI is InChI=1S/C12H15ClN2O3/c1-12(2,6-5-10(16)17)15-11(18)8-3-4-9(13)14-7-8/h3-4,7H,5-6H2,1-2H3,(H,15,18)(H,16,17). The predicted molar refractivity (Wildman–Crippen MR) is 67.7 cm³/mol. The van der Waals surface area contributed by atoms with Gasteiger partial charge < -0.3 is 10.4 Å². The number of halogens is 1. The summed E-state index contributed by atoms with van der Waals surface area (Å²) < 4.78 is 0. The maximum absolute atomic E-state index is 11.9. The Morgan fingerprint density at radius 1 is 1.44 bits per heavy atom. The number of aliphatic carboxylic acids is 1. The summed E-state index contributed by atoms with van der Waals surface area (Å²) in [5, 5.41) is 11.7. The molecule has 0 saturated heterocycles. The van der Waals surface area contributed by atoms with E-state index in [4.69, 9.17) is 16.7 Å². The molecule has 2 N–H and O–H groups in total. The third kappa shape index (κ3) is 4.71. The van der Waals surface area contributed by atoms with E-state index in [2.05, 4.69) is 10.3 Å². The fraction of sp³-hybridized carbons (Fsp3) is 0.417. The van der Waals surface area contributed by atoms with Crippen LogP contribution in [0.25, 0.3) is 0 Å². The Hall–Kier alpha value is -1.62. The number of carboxylic acid groups (broad SMARTS) is 1. The molecule has 0 radical (unpaired) electrons. The number of nitrogens with one attached hydrogen (secondary N) is 1. The van der Waals surface area contributed by atoms with Gasteiger partial charge in [-0.15, -0.1) is 0 Å². The number of pyridine rings is 1. The Balaban J connectivity index is 2.63. The minimum atomic E-state index is -0.884. The number of aromatic nitrogens is 1. The summed E-state index contributed by atoms with van der Waals surface area (Å²) in [7, 11) is 0. The number of rotatable bonds is 5. The van der Waals surface area contributed by atoms with E-state index >= 15 is 0 Å². The van der Waals surface area contributed by atoms with Crippen LogP contribution in [0.5, 0.6) is 0 Å². The van der Waals surface area contributed by atoms with E-state index in [1.807, 2.05) is 0 Å². The summed E-state index contributed by atoms with van der Waals surface area (Å²) in [6.07, 6.45) is 1.74. The molecule has 18 heavy (non-hydrogen) atoms. The van der Waals surface area contributed by atoms with Crippen molar-refractivity contribution in [1.82, 2.24) is 10.3 Å². The van der Waals surface area contributed by atoms with Gasteiger partial charge in [0.05, 0.1) is 5.56 Å². The number of carboxylic acids is 1. The van der Waals surface area contributed by atoms with Gasteiger partial charge in [0.15, 0.2) is 0 Å². The lowest BCUT2D eigenvalue weighted by molar-refractivity contribution is -0.137. The Bertz CT molecular complexity index is 443. The zero-order valence-electron chi connectivity index (χ0n) is 10.2. The highest BCUT2D eigenvalue weighted by molar-refractivity contribution is 6.29. The van der Waals surface area contributed by atoms with Crippen molar-refractivity contribution < 1.29 is 14.7 Å². The number of amides is 1. The second-order valence-corrected chi connectivity index (χ2v) is 4.99. The van der Waals surface area contributed by atoms with Crippen LogP contribution < -0.4 is 5.32 Å². The SMILES string of the molecule is CC(C)(CCC(=O)O)NC(=O)c1ccc(Cl)nc1. The molecule has 0 aliphatic heterocycles. The lowest BCUT2D eigenvalue weighted by atomic mass is 9.98. The summed E-state index contributed by atoms with van der Waals surface area (Å²) in [4.78, 5) is 26.2. The van der Waals surface area contributed by atoms with Gasteiger partial charge >= 0.3 is 5.97 Å². The van der Waals surface area contributed by atoms with Crippen LogP contribution in [0.15, 0.2) is 18.3 Å². The van der Waals surface area contributed by atoms with E-state index in [-0.39, 0.29) is 12.3 Å². The summed E-state index contributed by atoms with van der Waals surface area (Å²) in [6, 6.07) is 3.10. The molecule has 0 aliphatic carbocycles.